The molecule has 0 spiro atoms. The Morgan fingerprint density at radius 1 is 1.05 bits per heavy atom. The Hall–Kier alpha value is -4.65. The van der Waals surface area contributed by atoms with E-state index < -0.39 is 46.9 Å². The number of nitrogens with two attached hydrogens (primary N) is 1. The number of anilines is 3. The number of nitrogens with zero attached hydrogens (tertiary/aromatic N) is 3. The molecule has 0 bridgehead atoms. The van der Waals surface area contributed by atoms with E-state index >= 15 is 4.39 Å². The summed E-state index contributed by atoms with van der Waals surface area (Å²) < 4.78 is 56.2. The van der Waals surface area contributed by atoms with Crippen LogP contribution in [0.1, 0.15) is 56.1 Å². The summed E-state index contributed by atoms with van der Waals surface area (Å²) in [5.41, 5.74) is 6.04. The Morgan fingerprint density at radius 2 is 1.75 bits per heavy atom. The molecule has 4 rings (SSSR count). The Bertz CT molecular complexity index is 1650. The molecular formula is C31H35F3N6O4. The summed E-state index contributed by atoms with van der Waals surface area (Å²) in [5, 5.41) is 11.0. The second-order valence-corrected chi connectivity index (χ2v) is 11.4. The van der Waals surface area contributed by atoms with E-state index in [0.717, 1.165) is 29.1 Å². The molecule has 2 aromatic heterocycles. The molecule has 13 heteroatoms. The molecule has 0 aliphatic carbocycles. The van der Waals surface area contributed by atoms with Crippen LogP contribution in [0.3, 0.4) is 0 Å². The highest BCUT2D eigenvalue weighted by Gasteiger charge is 2.28. The molecule has 44 heavy (non-hydrogen) atoms. The Labute approximate surface area is 252 Å². The fourth-order valence-electron chi connectivity index (χ4n) is 4.75. The van der Waals surface area contributed by atoms with Gasteiger partial charge in [0.1, 0.15) is 23.1 Å². The number of pyridine rings is 1. The van der Waals surface area contributed by atoms with Crippen LogP contribution < -0.4 is 16.4 Å². The van der Waals surface area contributed by atoms with Crippen molar-refractivity contribution >= 4 is 40.1 Å². The number of amides is 1. The first-order valence-corrected chi connectivity index (χ1v) is 13.9. The number of carbonyl (C=O) groups excluding carboxylic acids is 2. The van der Waals surface area contributed by atoms with E-state index in [9.17, 15) is 18.4 Å². The number of hydrogen-bond acceptors (Lipinski definition) is 8. The number of hydrogen-bond donors (Lipinski definition) is 3. The molecule has 10 nitrogen and oxygen atoms in total. The van der Waals surface area contributed by atoms with Gasteiger partial charge in [0.15, 0.2) is 11.6 Å². The lowest BCUT2D eigenvalue weighted by atomic mass is 9.91. The van der Waals surface area contributed by atoms with E-state index in [-0.39, 0.29) is 29.2 Å². The molecule has 2 atom stereocenters. The van der Waals surface area contributed by atoms with Gasteiger partial charge in [0.05, 0.1) is 42.9 Å². The van der Waals surface area contributed by atoms with Gasteiger partial charge in [0.2, 0.25) is 0 Å². The number of fused-ring (bicyclic) bond motifs is 1. The zero-order valence-corrected chi connectivity index (χ0v) is 25.1. The van der Waals surface area contributed by atoms with Crippen LogP contribution in [-0.2, 0) is 20.8 Å². The summed E-state index contributed by atoms with van der Waals surface area (Å²) in [5.74, 6) is -5.15. The number of nitrogens with one attached hydrogen (secondary N) is 2. The van der Waals surface area contributed by atoms with Gasteiger partial charge >= 0.3 is 5.97 Å². The van der Waals surface area contributed by atoms with Crippen molar-refractivity contribution in [1.82, 2.24) is 14.8 Å². The third-order valence-electron chi connectivity index (χ3n) is 6.67. The molecule has 0 fully saturated rings. The van der Waals surface area contributed by atoms with Crippen molar-refractivity contribution in [2.75, 3.05) is 24.4 Å². The zero-order chi connectivity index (χ0) is 32.2. The SMILES string of the molecule is COCCn1ncc2cc(Nc3nc(N[C@H](c4cc(F)cc(F)c4)[C@H](C)CC(=O)OC(C)(C)C)c(F)cc3C(N)=O)ccc21. The summed E-state index contributed by atoms with van der Waals surface area (Å²) >= 11 is 0. The van der Waals surface area contributed by atoms with E-state index in [1.807, 2.05) is 6.07 Å². The normalized spacial score (nSPS) is 13.0. The largest absolute Gasteiger partial charge is 0.460 e. The minimum absolute atomic E-state index is 0.0588. The molecule has 0 aliphatic heterocycles. The summed E-state index contributed by atoms with van der Waals surface area (Å²) in [6.45, 7) is 7.83. The third kappa shape index (κ3) is 8.04. The first kappa shape index (κ1) is 32.3. The van der Waals surface area contributed by atoms with Crippen molar-refractivity contribution in [1.29, 1.82) is 0 Å². The van der Waals surface area contributed by atoms with Gasteiger partial charge in [-0.1, -0.05) is 6.92 Å². The quantitative estimate of drug-likeness (QED) is 0.170. The van der Waals surface area contributed by atoms with Crippen LogP contribution in [0.5, 0.6) is 0 Å². The Morgan fingerprint density at radius 3 is 2.39 bits per heavy atom. The molecule has 4 aromatic rings. The first-order valence-electron chi connectivity index (χ1n) is 13.9. The van der Waals surface area contributed by atoms with E-state index in [4.69, 9.17) is 15.2 Å². The van der Waals surface area contributed by atoms with E-state index in [0.29, 0.717) is 24.9 Å². The van der Waals surface area contributed by atoms with Crippen LogP contribution >= 0.6 is 0 Å². The van der Waals surface area contributed by atoms with Crippen LogP contribution in [0.2, 0.25) is 0 Å². The van der Waals surface area contributed by atoms with E-state index in [2.05, 4.69) is 20.7 Å². The number of rotatable bonds is 12. The van der Waals surface area contributed by atoms with Gasteiger partial charge < -0.3 is 25.8 Å². The molecule has 2 heterocycles. The molecule has 0 unspecified atom stereocenters. The van der Waals surface area contributed by atoms with Gasteiger partial charge in [-0.25, -0.2) is 18.2 Å². The predicted octanol–water partition coefficient (Wildman–Crippen LogP) is 5.86. The summed E-state index contributed by atoms with van der Waals surface area (Å²) in [6, 6.07) is 8.14. The molecule has 2 aromatic carbocycles. The van der Waals surface area contributed by atoms with Gasteiger partial charge in [0.25, 0.3) is 5.91 Å². The van der Waals surface area contributed by atoms with Crippen LogP contribution in [0.4, 0.5) is 30.5 Å². The van der Waals surface area contributed by atoms with Crippen molar-refractivity contribution < 1.29 is 32.2 Å². The number of methoxy groups -OCH3 is 1. The highest BCUT2D eigenvalue weighted by molar-refractivity contribution is 5.99. The van der Waals surface area contributed by atoms with Crippen molar-refractivity contribution in [3.8, 4) is 0 Å². The monoisotopic (exact) mass is 612 g/mol. The summed E-state index contributed by atoms with van der Waals surface area (Å²) in [4.78, 5) is 29.2. The maximum atomic E-state index is 15.4. The molecule has 4 N–H and O–H groups in total. The molecule has 234 valence electrons. The number of esters is 1. The summed E-state index contributed by atoms with van der Waals surface area (Å²) in [6.07, 6.45) is 1.52. The second kappa shape index (κ2) is 13.3. The molecular weight excluding hydrogens is 577 g/mol. The van der Waals surface area contributed by atoms with E-state index in [1.165, 1.54) is 0 Å². The van der Waals surface area contributed by atoms with Crippen molar-refractivity contribution in [3.05, 3.63) is 77.2 Å². The number of primary amides is 1. The lowest BCUT2D eigenvalue weighted by molar-refractivity contribution is -0.155. The van der Waals surface area contributed by atoms with Gasteiger partial charge in [-0.2, -0.15) is 5.10 Å². The van der Waals surface area contributed by atoms with Crippen LogP contribution in [-0.4, -0.2) is 46.0 Å². The molecule has 1 amide bonds. The Kier molecular flexibility index (Phi) is 9.78. The third-order valence-corrected chi connectivity index (χ3v) is 6.67. The fourth-order valence-corrected chi connectivity index (χ4v) is 4.75. The number of carbonyl (C=O) groups is 2. The van der Waals surface area contributed by atoms with Gasteiger partial charge in [-0.3, -0.25) is 14.3 Å². The van der Waals surface area contributed by atoms with Gasteiger partial charge in [-0.05, 0) is 68.7 Å². The maximum absolute atomic E-state index is 15.4. The number of halogens is 3. The first-order chi connectivity index (χ1) is 20.7. The predicted molar refractivity (Wildman–Crippen MR) is 160 cm³/mol. The van der Waals surface area contributed by atoms with Crippen molar-refractivity contribution in [2.45, 2.75) is 52.3 Å². The average molecular weight is 613 g/mol. The topological polar surface area (TPSA) is 133 Å². The van der Waals surface area contributed by atoms with Crippen LogP contribution in [0, 0.1) is 23.4 Å². The van der Waals surface area contributed by atoms with E-state index in [1.54, 1.807) is 57.8 Å². The van der Waals surface area contributed by atoms with Gasteiger partial charge in [0, 0.05) is 24.2 Å². The fraction of sp³-hybridized carbons (Fsp3) is 0.355. The summed E-state index contributed by atoms with van der Waals surface area (Å²) in [7, 11) is 1.60. The number of ether oxygens (including phenoxy) is 2. The lowest BCUT2D eigenvalue weighted by Gasteiger charge is -2.28. The zero-order valence-electron chi connectivity index (χ0n) is 25.1. The maximum Gasteiger partial charge on any atom is 0.306 e. The highest BCUT2D eigenvalue weighted by atomic mass is 19.1. The second-order valence-electron chi connectivity index (χ2n) is 11.4. The average Bonchev–Trinajstić information content (AvgIpc) is 3.32. The lowest BCUT2D eigenvalue weighted by Crippen LogP contribution is -2.28. The standard InChI is InChI=1S/C31H35F3N6O4/c1-17(10-26(41)44-31(2,3)4)27(18-11-20(32)14-21(33)12-18)38-30-24(34)15-23(28(35)42)29(39-30)37-22-6-7-25-19(13-22)16-36-40(25)8-9-43-5/h6-7,11-17,27H,8-10H2,1-5H3,(H2,35,42)(H2,37,38,39)/t17-,27+/m1/s1. The minimum Gasteiger partial charge on any atom is -0.460 e. The highest BCUT2D eigenvalue weighted by Crippen LogP contribution is 2.33. The Balaban J connectivity index is 1.69. The molecule has 0 aliphatic rings. The van der Waals surface area contributed by atoms with Crippen LogP contribution in [0.25, 0.3) is 10.9 Å². The van der Waals surface area contributed by atoms with Gasteiger partial charge in [-0.15, -0.1) is 0 Å². The molecule has 0 saturated carbocycles. The molecule has 0 radical (unpaired) electrons. The van der Waals surface area contributed by atoms with Crippen molar-refractivity contribution in [3.63, 3.8) is 0 Å². The van der Waals surface area contributed by atoms with Crippen LogP contribution in [0.15, 0.2) is 48.7 Å². The smallest absolute Gasteiger partial charge is 0.306 e. The number of benzene rings is 2. The minimum atomic E-state index is -0.990. The van der Waals surface area contributed by atoms with Crippen molar-refractivity contribution in [2.24, 2.45) is 11.7 Å². The molecule has 0 saturated heterocycles. The number of aromatic nitrogens is 3.